The van der Waals surface area contributed by atoms with Crippen molar-refractivity contribution in [2.75, 3.05) is 13.2 Å². The highest BCUT2D eigenvalue weighted by Gasteiger charge is 2.08. The Labute approximate surface area is 156 Å². The van der Waals surface area contributed by atoms with Crippen LogP contribution in [0.1, 0.15) is 34.8 Å². The average Bonchev–Trinajstić information content (AvgIpc) is 3.15. The third kappa shape index (κ3) is 7.03. The Bertz CT molecular complexity index is 764. The number of aryl methyl sites for hydroxylation is 1. The Balaban J connectivity index is 1.74. The lowest BCUT2D eigenvalue weighted by Crippen LogP contribution is -2.21. The third-order valence-corrected chi connectivity index (χ3v) is 4.29. The van der Waals surface area contributed by atoms with Crippen LogP contribution in [0.25, 0.3) is 6.08 Å². The van der Waals surface area contributed by atoms with Crippen molar-refractivity contribution >= 4 is 35.1 Å². The van der Waals surface area contributed by atoms with Gasteiger partial charge in [0.25, 0.3) is 0 Å². The van der Waals surface area contributed by atoms with Gasteiger partial charge in [-0.25, -0.2) is 4.79 Å². The second-order valence-corrected chi connectivity index (χ2v) is 6.48. The maximum Gasteiger partial charge on any atom is 0.331 e. The summed E-state index contributed by atoms with van der Waals surface area (Å²) in [5, 5.41) is 6.57. The minimum absolute atomic E-state index is 0.0364. The van der Waals surface area contributed by atoms with E-state index in [0.717, 1.165) is 24.0 Å². The van der Waals surface area contributed by atoms with E-state index in [4.69, 9.17) is 4.74 Å². The molecule has 0 saturated heterocycles. The van der Waals surface area contributed by atoms with E-state index in [9.17, 15) is 14.4 Å². The highest BCUT2D eigenvalue weighted by Crippen LogP contribution is 2.09. The van der Waals surface area contributed by atoms with Crippen LogP contribution in [-0.2, 0) is 20.7 Å². The van der Waals surface area contributed by atoms with Crippen molar-refractivity contribution in [2.45, 2.75) is 19.8 Å². The Morgan fingerprint density at radius 3 is 2.58 bits per heavy atom. The van der Waals surface area contributed by atoms with E-state index in [-0.39, 0.29) is 18.3 Å². The molecule has 0 atom stereocenters. The summed E-state index contributed by atoms with van der Waals surface area (Å²) in [6, 6.07) is 9.09. The fourth-order valence-corrected chi connectivity index (χ4v) is 2.84. The first-order valence-electron chi connectivity index (χ1n) is 8.28. The molecule has 2 aromatic rings. The summed E-state index contributed by atoms with van der Waals surface area (Å²) in [6.07, 6.45) is 4.62. The van der Waals surface area contributed by atoms with Gasteiger partial charge in [0.1, 0.15) is 0 Å². The van der Waals surface area contributed by atoms with Crippen molar-refractivity contribution < 1.29 is 19.1 Å². The number of ether oxygens (including phenoxy) is 1. The zero-order valence-electron chi connectivity index (χ0n) is 14.6. The molecule has 1 N–H and O–H groups in total. The van der Waals surface area contributed by atoms with Crippen LogP contribution in [0.2, 0.25) is 0 Å². The van der Waals surface area contributed by atoms with Gasteiger partial charge in [0.2, 0.25) is 5.91 Å². The molecule has 0 unspecified atom stereocenters. The van der Waals surface area contributed by atoms with Gasteiger partial charge in [-0.05, 0) is 46.9 Å². The van der Waals surface area contributed by atoms with Crippen molar-refractivity contribution in [1.29, 1.82) is 0 Å². The molecule has 1 aromatic heterocycles. The molecule has 6 heteroatoms. The highest BCUT2D eigenvalue weighted by atomic mass is 32.1. The van der Waals surface area contributed by atoms with Gasteiger partial charge in [0.15, 0.2) is 12.4 Å². The SMILES string of the molecule is CC(=O)NCCCc1ccc(C(=O)COC(=O)/C=C/c2ccsc2)cc1. The quantitative estimate of drug-likeness (QED) is 0.318. The van der Waals surface area contributed by atoms with E-state index >= 15 is 0 Å². The van der Waals surface area contributed by atoms with Gasteiger partial charge in [-0.3, -0.25) is 9.59 Å². The van der Waals surface area contributed by atoms with Crippen molar-refractivity contribution in [2.24, 2.45) is 0 Å². The summed E-state index contributed by atoms with van der Waals surface area (Å²) in [5.41, 5.74) is 2.51. The maximum atomic E-state index is 12.1. The van der Waals surface area contributed by atoms with Crippen LogP contribution in [0.4, 0.5) is 0 Å². The number of hydrogen-bond acceptors (Lipinski definition) is 5. The lowest BCUT2D eigenvalue weighted by atomic mass is 10.1. The summed E-state index contributed by atoms with van der Waals surface area (Å²) in [6.45, 7) is 1.84. The predicted molar refractivity (Wildman–Crippen MR) is 102 cm³/mol. The van der Waals surface area contributed by atoms with E-state index < -0.39 is 5.97 Å². The minimum Gasteiger partial charge on any atom is -0.454 e. The Hall–Kier alpha value is -2.73. The number of carbonyl (C=O) groups is 3. The summed E-state index contributed by atoms with van der Waals surface area (Å²) >= 11 is 1.54. The van der Waals surface area contributed by atoms with E-state index in [0.29, 0.717) is 12.1 Å². The monoisotopic (exact) mass is 371 g/mol. The van der Waals surface area contributed by atoms with Gasteiger partial charge in [-0.1, -0.05) is 24.3 Å². The van der Waals surface area contributed by atoms with Gasteiger partial charge in [0.05, 0.1) is 0 Å². The first-order chi connectivity index (χ1) is 12.5. The van der Waals surface area contributed by atoms with Gasteiger partial charge < -0.3 is 10.1 Å². The molecular weight excluding hydrogens is 350 g/mol. The highest BCUT2D eigenvalue weighted by molar-refractivity contribution is 7.08. The van der Waals surface area contributed by atoms with Crippen LogP contribution in [0.15, 0.2) is 47.2 Å². The van der Waals surface area contributed by atoms with E-state index in [1.165, 1.54) is 24.3 Å². The Morgan fingerprint density at radius 1 is 1.15 bits per heavy atom. The molecule has 0 fully saturated rings. The molecule has 0 aliphatic heterocycles. The lowest BCUT2D eigenvalue weighted by molar-refractivity contribution is -0.136. The van der Waals surface area contributed by atoms with E-state index in [1.54, 1.807) is 18.2 Å². The molecule has 136 valence electrons. The number of nitrogens with one attached hydrogen (secondary N) is 1. The fraction of sp³-hybridized carbons (Fsp3) is 0.250. The van der Waals surface area contributed by atoms with Gasteiger partial charge in [-0.2, -0.15) is 11.3 Å². The second kappa shape index (κ2) is 10.3. The molecule has 2 rings (SSSR count). The molecule has 1 heterocycles. The van der Waals surface area contributed by atoms with E-state index in [2.05, 4.69) is 5.32 Å². The lowest BCUT2D eigenvalue weighted by Gasteiger charge is -2.05. The Morgan fingerprint density at radius 2 is 1.92 bits per heavy atom. The number of thiophene rings is 1. The van der Waals surface area contributed by atoms with Crippen LogP contribution in [0.5, 0.6) is 0 Å². The van der Waals surface area contributed by atoms with Gasteiger partial charge >= 0.3 is 5.97 Å². The van der Waals surface area contributed by atoms with Gasteiger partial charge in [0, 0.05) is 25.1 Å². The van der Waals surface area contributed by atoms with Crippen LogP contribution >= 0.6 is 11.3 Å². The van der Waals surface area contributed by atoms with Crippen molar-refractivity contribution in [1.82, 2.24) is 5.32 Å². The van der Waals surface area contributed by atoms with Crippen LogP contribution in [0, 0.1) is 0 Å². The maximum absolute atomic E-state index is 12.1. The largest absolute Gasteiger partial charge is 0.454 e. The molecule has 0 bridgehead atoms. The normalized spacial score (nSPS) is 10.7. The number of carbonyl (C=O) groups excluding carboxylic acids is 3. The van der Waals surface area contributed by atoms with Crippen LogP contribution in [0.3, 0.4) is 0 Å². The number of ketones is 1. The number of Topliss-reactive ketones (excluding diaryl/α,β-unsaturated/α-hetero) is 1. The molecule has 0 spiro atoms. The number of benzene rings is 1. The van der Waals surface area contributed by atoms with E-state index in [1.807, 2.05) is 29.0 Å². The molecule has 26 heavy (non-hydrogen) atoms. The summed E-state index contributed by atoms with van der Waals surface area (Å²) in [5.74, 6) is -0.822. The first-order valence-corrected chi connectivity index (χ1v) is 9.22. The molecule has 1 aromatic carbocycles. The van der Waals surface area contributed by atoms with Crippen molar-refractivity contribution in [3.8, 4) is 0 Å². The number of hydrogen-bond donors (Lipinski definition) is 1. The zero-order chi connectivity index (χ0) is 18.8. The van der Waals surface area contributed by atoms with Crippen LogP contribution in [-0.4, -0.2) is 30.8 Å². The summed E-state index contributed by atoms with van der Waals surface area (Å²) in [7, 11) is 0. The second-order valence-electron chi connectivity index (χ2n) is 5.70. The summed E-state index contributed by atoms with van der Waals surface area (Å²) < 4.78 is 4.98. The molecule has 5 nitrogen and oxygen atoms in total. The van der Waals surface area contributed by atoms with Crippen molar-refractivity contribution in [3.63, 3.8) is 0 Å². The van der Waals surface area contributed by atoms with Crippen LogP contribution < -0.4 is 5.32 Å². The molecule has 0 radical (unpaired) electrons. The fourth-order valence-electron chi connectivity index (χ4n) is 2.22. The Kier molecular flexibility index (Phi) is 7.76. The molecule has 1 amide bonds. The minimum atomic E-state index is -0.542. The number of amides is 1. The topological polar surface area (TPSA) is 72.5 Å². The number of esters is 1. The zero-order valence-corrected chi connectivity index (χ0v) is 15.4. The summed E-state index contributed by atoms with van der Waals surface area (Å²) in [4.78, 5) is 34.5. The molecule has 0 aliphatic rings. The molecule has 0 aliphatic carbocycles. The molecule has 0 saturated carbocycles. The average molecular weight is 371 g/mol. The smallest absolute Gasteiger partial charge is 0.331 e. The first kappa shape index (κ1) is 19.6. The molecular formula is C20H21NO4S. The standard InChI is InChI=1S/C20H21NO4S/c1-15(22)21-11-2-3-16-4-7-18(8-5-16)19(23)13-25-20(24)9-6-17-10-12-26-14-17/h4-10,12,14H,2-3,11,13H2,1H3,(H,21,22)/b9-6+. The predicted octanol–water partition coefficient (Wildman–Crippen LogP) is 3.26. The number of rotatable bonds is 9. The third-order valence-electron chi connectivity index (χ3n) is 3.59. The van der Waals surface area contributed by atoms with Gasteiger partial charge in [-0.15, -0.1) is 0 Å². The van der Waals surface area contributed by atoms with Crippen molar-refractivity contribution in [3.05, 3.63) is 63.9 Å².